The van der Waals surface area contributed by atoms with Gasteiger partial charge in [-0.3, -0.25) is 5.10 Å². The van der Waals surface area contributed by atoms with E-state index in [-0.39, 0.29) is 0 Å². The molecule has 0 aliphatic heterocycles. The van der Waals surface area contributed by atoms with Gasteiger partial charge in [0.2, 0.25) is 0 Å². The molecule has 2 aromatic heterocycles. The number of aromatic nitrogens is 2. The summed E-state index contributed by atoms with van der Waals surface area (Å²) in [5.74, 6) is 0. The molecule has 0 aliphatic rings. The molecule has 3 heteroatoms. The van der Waals surface area contributed by atoms with Gasteiger partial charge in [0.05, 0.1) is 10.4 Å². The molecule has 11 heavy (non-hydrogen) atoms. The van der Waals surface area contributed by atoms with Gasteiger partial charge in [-0.1, -0.05) is 6.92 Å². The van der Waals surface area contributed by atoms with Gasteiger partial charge >= 0.3 is 0 Å². The van der Waals surface area contributed by atoms with Crippen molar-refractivity contribution in [2.45, 2.75) is 20.3 Å². The number of aryl methyl sites for hydroxylation is 2. The third kappa shape index (κ3) is 0.959. The summed E-state index contributed by atoms with van der Waals surface area (Å²) in [5.41, 5.74) is 2.38. The van der Waals surface area contributed by atoms with E-state index in [0.29, 0.717) is 0 Å². The van der Waals surface area contributed by atoms with Gasteiger partial charge in [0.25, 0.3) is 0 Å². The highest BCUT2D eigenvalue weighted by Crippen LogP contribution is 2.26. The van der Waals surface area contributed by atoms with Crippen LogP contribution in [0.15, 0.2) is 6.07 Å². The lowest BCUT2D eigenvalue weighted by Crippen LogP contribution is -1.77. The van der Waals surface area contributed by atoms with Gasteiger partial charge in [-0.2, -0.15) is 5.10 Å². The van der Waals surface area contributed by atoms with Gasteiger partial charge in [-0.15, -0.1) is 11.3 Å². The summed E-state index contributed by atoms with van der Waals surface area (Å²) in [5, 5.41) is 7.23. The van der Waals surface area contributed by atoms with Gasteiger partial charge < -0.3 is 0 Å². The fraction of sp³-hybridized carbons (Fsp3) is 0.375. The summed E-state index contributed by atoms with van der Waals surface area (Å²) in [4.78, 5) is 1.34. The molecule has 58 valence electrons. The molecule has 0 unspecified atom stereocenters. The highest BCUT2D eigenvalue weighted by Gasteiger charge is 2.05. The molecule has 0 radical (unpaired) electrons. The highest BCUT2D eigenvalue weighted by molar-refractivity contribution is 7.19. The average molecular weight is 166 g/mol. The van der Waals surface area contributed by atoms with Crippen molar-refractivity contribution in [1.29, 1.82) is 0 Å². The summed E-state index contributed by atoms with van der Waals surface area (Å²) in [6, 6.07) is 2.12. The lowest BCUT2D eigenvalue weighted by molar-refractivity contribution is 0.988. The molecule has 2 nitrogen and oxygen atoms in total. The SMILES string of the molecule is CCc1[nH]nc2cc(C)sc12. The first-order valence-electron chi connectivity index (χ1n) is 3.74. The lowest BCUT2D eigenvalue weighted by atomic mass is 10.3. The minimum absolute atomic E-state index is 1.04. The van der Waals surface area contributed by atoms with Crippen LogP contribution >= 0.6 is 11.3 Å². The molecule has 0 bridgehead atoms. The van der Waals surface area contributed by atoms with Gasteiger partial charge in [-0.25, -0.2) is 0 Å². The number of hydrogen-bond donors (Lipinski definition) is 1. The van der Waals surface area contributed by atoms with Crippen LogP contribution in [-0.4, -0.2) is 10.2 Å². The molecule has 0 saturated heterocycles. The second-order valence-corrected chi connectivity index (χ2v) is 3.88. The molecule has 0 spiro atoms. The lowest BCUT2D eigenvalue weighted by Gasteiger charge is -1.85. The molecule has 0 amide bonds. The zero-order valence-corrected chi connectivity index (χ0v) is 7.46. The van der Waals surface area contributed by atoms with Crippen molar-refractivity contribution < 1.29 is 0 Å². The zero-order valence-electron chi connectivity index (χ0n) is 6.64. The summed E-state index contributed by atoms with van der Waals surface area (Å²) < 4.78 is 1.32. The van der Waals surface area contributed by atoms with E-state index in [0.717, 1.165) is 11.9 Å². The standard InChI is InChI=1S/C8H10N2S/c1-3-6-8-7(10-9-6)4-5(2)11-8/h4H,3H2,1-2H3,(H,9,10). The molecule has 0 aliphatic carbocycles. The maximum absolute atomic E-state index is 4.20. The van der Waals surface area contributed by atoms with Crippen LogP contribution in [-0.2, 0) is 6.42 Å². The fourth-order valence-corrected chi connectivity index (χ4v) is 2.23. The number of nitrogens with zero attached hydrogens (tertiary/aromatic N) is 1. The highest BCUT2D eigenvalue weighted by atomic mass is 32.1. The van der Waals surface area contributed by atoms with Crippen LogP contribution in [0.2, 0.25) is 0 Å². The third-order valence-electron chi connectivity index (χ3n) is 1.77. The Morgan fingerprint density at radius 3 is 3.18 bits per heavy atom. The summed E-state index contributed by atoms with van der Waals surface area (Å²) in [6.07, 6.45) is 1.04. The Morgan fingerprint density at radius 1 is 1.64 bits per heavy atom. The minimum Gasteiger partial charge on any atom is -0.281 e. The smallest absolute Gasteiger partial charge is 0.103 e. The van der Waals surface area contributed by atoms with E-state index in [4.69, 9.17) is 0 Å². The quantitative estimate of drug-likeness (QED) is 0.692. The van der Waals surface area contributed by atoms with Gasteiger partial charge in [-0.05, 0) is 19.4 Å². The van der Waals surface area contributed by atoms with E-state index in [2.05, 4.69) is 30.1 Å². The number of aromatic amines is 1. The fourth-order valence-electron chi connectivity index (χ4n) is 1.22. The first kappa shape index (κ1) is 6.85. The molecule has 0 fully saturated rings. The minimum atomic E-state index is 1.04. The Morgan fingerprint density at radius 2 is 2.45 bits per heavy atom. The van der Waals surface area contributed by atoms with Crippen LogP contribution in [0.25, 0.3) is 10.2 Å². The van der Waals surface area contributed by atoms with Crippen molar-refractivity contribution >= 4 is 21.6 Å². The van der Waals surface area contributed by atoms with Crippen molar-refractivity contribution in [3.8, 4) is 0 Å². The molecule has 2 aromatic rings. The predicted octanol–water partition coefficient (Wildman–Crippen LogP) is 2.50. The number of H-pyrrole nitrogens is 1. The normalized spacial score (nSPS) is 11.1. The number of fused-ring (bicyclic) bond motifs is 1. The average Bonchev–Trinajstić information content (AvgIpc) is 2.45. The zero-order chi connectivity index (χ0) is 7.84. The number of nitrogens with one attached hydrogen (secondary N) is 1. The number of rotatable bonds is 1. The van der Waals surface area contributed by atoms with Crippen LogP contribution in [0, 0.1) is 6.92 Å². The maximum Gasteiger partial charge on any atom is 0.103 e. The van der Waals surface area contributed by atoms with Crippen LogP contribution < -0.4 is 0 Å². The van der Waals surface area contributed by atoms with Crippen molar-refractivity contribution in [1.82, 2.24) is 10.2 Å². The largest absolute Gasteiger partial charge is 0.281 e. The van der Waals surface area contributed by atoms with Crippen LogP contribution in [0.5, 0.6) is 0 Å². The molecular formula is C8H10N2S. The van der Waals surface area contributed by atoms with Crippen LogP contribution in [0.4, 0.5) is 0 Å². The monoisotopic (exact) mass is 166 g/mol. The molecule has 2 rings (SSSR count). The number of thiophene rings is 1. The Kier molecular flexibility index (Phi) is 1.46. The van der Waals surface area contributed by atoms with Crippen molar-refractivity contribution in [3.05, 3.63) is 16.6 Å². The molecule has 0 saturated carbocycles. The van der Waals surface area contributed by atoms with Crippen molar-refractivity contribution in [3.63, 3.8) is 0 Å². The molecule has 0 aromatic carbocycles. The third-order valence-corrected chi connectivity index (χ3v) is 2.87. The number of hydrogen-bond acceptors (Lipinski definition) is 2. The van der Waals surface area contributed by atoms with Gasteiger partial charge in [0.1, 0.15) is 5.52 Å². The van der Waals surface area contributed by atoms with Crippen LogP contribution in [0.3, 0.4) is 0 Å². The summed E-state index contributed by atoms with van der Waals surface area (Å²) in [6.45, 7) is 4.26. The van der Waals surface area contributed by atoms with E-state index >= 15 is 0 Å². The van der Waals surface area contributed by atoms with E-state index in [1.54, 1.807) is 0 Å². The van der Waals surface area contributed by atoms with Crippen molar-refractivity contribution in [2.75, 3.05) is 0 Å². The maximum atomic E-state index is 4.20. The first-order valence-corrected chi connectivity index (χ1v) is 4.56. The van der Waals surface area contributed by atoms with Crippen LogP contribution in [0.1, 0.15) is 17.5 Å². The second-order valence-electron chi connectivity index (χ2n) is 2.63. The van der Waals surface area contributed by atoms with E-state index in [9.17, 15) is 0 Å². The molecular weight excluding hydrogens is 156 g/mol. The van der Waals surface area contributed by atoms with Gasteiger partial charge in [0.15, 0.2) is 0 Å². The predicted molar refractivity (Wildman–Crippen MR) is 48.1 cm³/mol. The Balaban J connectivity index is 2.73. The van der Waals surface area contributed by atoms with E-state index in [1.807, 2.05) is 11.3 Å². The molecule has 0 atom stereocenters. The first-order chi connectivity index (χ1) is 5.31. The summed E-state index contributed by atoms with van der Waals surface area (Å²) in [7, 11) is 0. The Hall–Kier alpha value is -0.830. The summed E-state index contributed by atoms with van der Waals surface area (Å²) >= 11 is 1.82. The van der Waals surface area contributed by atoms with Crippen molar-refractivity contribution in [2.24, 2.45) is 0 Å². The Bertz CT molecular complexity index is 372. The van der Waals surface area contributed by atoms with E-state index < -0.39 is 0 Å². The Labute approximate surface area is 69.2 Å². The second kappa shape index (κ2) is 2.34. The van der Waals surface area contributed by atoms with E-state index in [1.165, 1.54) is 15.3 Å². The van der Waals surface area contributed by atoms with Gasteiger partial charge in [0, 0.05) is 4.88 Å². The molecule has 2 heterocycles. The topological polar surface area (TPSA) is 28.7 Å². The molecule has 1 N–H and O–H groups in total.